The average Bonchev–Trinajstić information content (AvgIpc) is 2.81. The summed E-state index contributed by atoms with van der Waals surface area (Å²) in [7, 11) is 0. The molecule has 3 rings (SSSR count). The molecule has 0 amide bonds. The maximum absolute atomic E-state index is 6.07. The molecule has 2 aromatic heterocycles. The number of imidazole rings is 1. The van der Waals surface area contributed by atoms with Crippen LogP contribution in [-0.2, 0) is 12.4 Å². The van der Waals surface area contributed by atoms with E-state index in [1.807, 2.05) is 24.5 Å². The number of halogens is 1. The summed E-state index contributed by atoms with van der Waals surface area (Å²) in [6.07, 6.45) is 3.72. The van der Waals surface area contributed by atoms with Crippen LogP contribution in [0.2, 0.25) is 0 Å². The summed E-state index contributed by atoms with van der Waals surface area (Å²) in [5.41, 5.74) is 5.82. The number of para-hydroxylation sites is 1. The molecule has 0 radical (unpaired) electrons. The Morgan fingerprint density at radius 1 is 1.15 bits per heavy atom. The van der Waals surface area contributed by atoms with E-state index in [-0.39, 0.29) is 0 Å². The quantitative estimate of drug-likeness (QED) is 0.685. The zero-order chi connectivity index (χ0) is 14.1. The van der Waals surface area contributed by atoms with E-state index in [4.69, 9.17) is 11.6 Å². The van der Waals surface area contributed by atoms with Crippen molar-refractivity contribution in [1.29, 1.82) is 0 Å². The molecule has 3 aromatic rings. The Bertz CT molecular complexity index is 762. The van der Waals surface area contributed by atoms with Crippen molar-refractivity contribution in [1.82, 2.24) is 14.5 Å². The Morgan fingerprint density at radius 3 is 2.75 bits per heavy atom. The second-order valence-corrected chi connectivity index (χ2v) is 5.26. The van der Waals surface area contributed by atoms with Crippen LogP contribution in [0.1, 0.15) is 22.5 Å². The molecule has 102 valence electrons. The van der Waals surface area contributed by atoms with Gasteiger partial charge in [-0.2, -0.15) is 0 Å². The third-order valence-corrected chi connectivity index (χ3v) is 3.87. The maximum Gasteiger partial charge on any atom is 0.125 e. The second-order valence-electron chi connectivity index (χ2n) is 4.99. The molecule has 0 saturated carbocycles. The maximum atomic E-state index is 6.07. The van der Waals surface area contributed by atoms with Gasteiger partial charge in [0.25, 0.3) is 0 Å². The minimum absolute atomic E-state index is 0.415. The molecule has 0 saturated heterocycles. The zero-order valence-electron chi connectivity index (χ0n) is 11.6. The highest BCUT2D eigenvalue weighted by molar-refractivity contribution is 6.16. The molecule has 0 atom stereocenters. The lowest BCUT2D eigenvalue weighted by Crippen LogP contribution is -2.06. The van der Waals surface area contributed by atoms with Crippen molar-refractivity contribution < 1.29 is 0 Å². The first-order valence-electron chi connectivity index (χ1n) is 6.61. The average molecular weight is 286 g/mol. The van der Waals surface area contributed by atoms with Crippen molar-refractivity contribution >= 4 is 22.6 Å². The number of fused-ring (bicyclic) bond motifs is 1. The molecule has 0 fully saturated rings. The standard InChI is InChI=1S/C16H16ClN3/c1-11-4-3-5-14-16(11)20(15(8-17)19-14)10-13-6-7-18-9-12(13)2/h3-7,9H,8,10H2,1-2H3. The van der Waals surface area contributed by atoms with E-state index in [1.165, 1.54) is 22.2 Å². The first-order valence-corrected chi connectivity index (χ1v) is 7.14. The number of nitrogens with zero attached hydrogens (tertiary/aromatic N) is 3. The molecule has 2 heterocycles. The van der Waals surface area contributed by atoms with E-state index in [2.05, 4.69) is 40.5 Å². The van der Waals surface area contributed by atoms with E-state index >= 15 is 0 Å². The van der Waals surface area contributed by atoms with E-state index in [9.17, 15) is 0 Å². The molecule has 4 heteroatoms. The summed E-state index contributed by atoms with van der Waals surface area (Å²) in [4.78, 5) is 8.78. The number of rotatable bonds is 3. The number of alkyl halides is 1. The van der Waals surface area contributed by atoms with Crippen LogP contribution in [-0.4, -0.2) is 14.5 Å². The van der Waals surface area contributed by atoms with Crippen molar-refractivity contribution in [2.24, 2.45) is 0 Å². The normalized spacial score (nSPS) is 11.2. The zero-order valence-corrected chi connectivity index (χ0v) is 12.4. The fraction of sp³-hybridized carbons (Fsp3) is 0.250. The van der Waals surface area contributed by atoms with Gasteiger partial charge < -0.3 is 4.57 Å². The summed E-state index contributed by atoms with van der Waals surface area (Å²) in [5.74, 6) is 1.32. The van der Waals surface area contributed by atoms with Gasteiger partial charge in [-0.05, 0) is 42.7 Å². The van der Waals surface area contributed by atoms with Crippen molar-refractivity contribution in [3.8, 4) is 0 Å². The van der Waals surface area contributed by atoms with Gasteiger partial charge in [-0.15, -0.1) is 11.6 Å². The van der Waals surface area contributed by atoms with Crippen LogP contribution in [0, 0.1) is 13.8 Å². The lowest BCUT2D eigenvalue weighted by molar-refractivity contribution is 0.771. The largest absolute Gasteiger partial charge is 0.322 e. The minimum Gasteiger partial charge on any atom is -0.322 e. The first kappa shape index (κ1) is 13.1. The number of hydrogen-bond donors (Lipinski definition) is 0. The van der Waals surface area contributed by atoms with E-state index < -0.39 is 0 Å². The topological polar surface area (TPSA) is 30.7 Å². The molecule has 0 aliphatic carbocycles. The fourth-order valence-electron chi connectivity index (χ4n) is 2.54. The van der Waals surface area contributed by atoms with Crippen LogP contribution in [0.15, 0.2) is 36.7 Å². The third-order valence-electron chi connectivity index (χ3n) is 3.63. The fourth-order valence-corrected chi connectivity index (χ4v) is 2.74. The lowest BCUT2D eigenvalue weighted by atomic mass is 10.1. The molecule has 20 heavy (non-hydrogen) atoms. The summed E-state index contributed by atoms with van der Waals surface area (Å²) < 4.78 is 2.21. The van der Waals surface area contributed by atoms with Crippen LogP contribution < -0.4 is 0 Å². The number of hydrogen-bond acceptors (Lipinski definition) is 2. The molecule has 0 aliphatic heterocycles. The van der Waals surface area contributed by atoms with Crippen molar-refractivity contribution in [2.75, 3.05) is 0 Å². The summed E-state index contributed by atoms with van der Waals surface area (Å²) in [6, 6.07) is 8.23. The third kappa shape index (κ3) is 2.18. The van der Waals surface area contributed by atoms with Crippen LogP contribution in [0.4, 0.5) is 0 Å². The smallest absolute Gasteiger partial charge is 0.125 e. The Balaban J connectivity index is 2.17. The van der Waals surface area contributed by atoms with Gasteiger partial charge in [0.2, 0.25) is 0 Å². The van der Waals surface area contributed by atoms with Gasteiger partial charge in [0.05, 0.1) is 16.9 Å². The predicted molar refractivity (Wildman–Crippen MR) is 82.1 cm³/mol. The molecule has 1 aromatic carbocycles. The highest BCUT2D eigenvalue weighted by atomic mass is 35.5. The molecule has 3 nitrogen and oxygen atoms in total. The number of aryl methyl sites for hydroxylation is 2. The van der Waals surface area contributed by atoms with Crippen LogP contribution in [0.3, 0.4) is 0 Å². The Labute approximate surface area is 123 Å². The van der Waals surface area contributed by atoms with Crippen LogP contribution in [0.5, 0.6) is 0 Å². The number of aromatic nitrogens is 3. The van der Waals surface area contributed by atoms with Crippen LogP contribution in [0.25, 0.3) is 11.0 Å². The summed E-state index contributed by atoms with van der Waals surface area (Å²) >= 11 is 6.07. The SMILES string of the molecule is Cc1cnccc1Cn1c(CCl)nc2cccc(C)c21. The summed E-state index contributed by atoms with van der Waals surface area (Å²) in [6.45, 7) is 4.96. The van der Waals surface area contributed by atoms with Gasteiger partial charge in [-0.1, -0.05) is 12.1 Å². The first-order chi connectivity index (χ1) is 9.70. The van der Waals surface area contributed by atoms with Gasteiger partial charge in [0.1, 0.15) is 5.82 Å². The van der Waals surface area contributed by atoms with Gasteiger partial charge in [0, 0.05) is 18.9 Å². The molecule has 0 spiro atoms. The van der Waals surface area contributed by atoms with Crippen molar-refractivity contribution in [2.45, 2.75) is 26.3 Å². The predicted octanol–water partition coefficient (Wildman–Crippen LogP) is 3.84. The van der Waals surface area contributed by atoms with Gasteiger partial charge in [-0.3, -0.25) is 4.98 Å². The highest BCUT2D eigenvalue weighted by Crippen LogP contribution is 2.23. The minimum atomic E-state index is 0.415. The van der Waals surface area contributed by atoms with Crippen LogP contribution >= 0.6 is 11.6 Å². The van der Waals surface area contributed by atoms with E-state index in [0.717, 1.165) is 17.9 Å². The Kier molecular flexibility index (Phi) is 3.45. The molecular weight excluding hydrogens is 270 g/mol. The molecule has 0 N–H and O–H groups in total. The van der Waals surface area contributed by atoms with E-state index in [1.54, 1.807) is 0 Å². The summed E-state index contributed by atoms with van der Waals surface area (Å²) in [5, 5.41) is 0. The monoisotopic (exact) mass is 285 g/mol. The van der Waals surface area contributed by atoms with Crippen molar-refractivity contribution in [3.05, 3.63) is 59.2 Å². The van der Waals surface area contributed by atoms with Gasteiger partial charge in [0.15, 0.2) is 0 Å². The van der Waals surface area contributed by atoms with Gasteiger partial charge in [-0.25, -0.2) is 4.98 Å². The molecular formula is C16H16ClN3. The number of pyridine rings is 1. The highest BCUT2D eigenvalue weighted by Gasteiger charge is 2.12. The Hall–Kier alpha value is -1.87. The molecule has 0 bridgehead atoms. The molecule has 0 unspecified atom stereocenters. The lowest BCUT2D eigenvalue weighted by Gasteiger charge is -2.11. The van der Waals surface area contributed by atoms with E-state index in [0.29, 0.717) is 5.88 Å². The second kappa shape index (κ2) is 5.25. The van der Waals surface area contributed by atoms with Crippen molar-refractivity contribution in [3.63, 3.8) is 0 Å². The van der Waals surface area contributed by atoms with Gasteiger partial charge >= 0.3 is 0 Å². The number of benzene rings is 1. The molecule has 0 aliphatic rings. The Morgan fingerprint density at radius 2 is 2.00 bits per heavy atom.